The molecule has 0 spiro atoms. The van der Waals surface area contributed by atoms with E-state index >= 15 is 0 Å². The third-order valence-corrected chi connectivity index (χ3v) is 4.58. The van der Waals surface area contributed by atoms with Crippen molar-refractivity contribution in [1.29, 1.82) is 0 Å². The van der Waals surface area contributed by atoms with Crippen LogP contribution in [0.3, 0.4) is 0 Å². The maximum absolute atomic E-state index is 12.3. The molecule has 2 aromatic rings. The number of nitrogens with one attached hydrogen (secondary N) is 2. The van der Waals surface area contributed by atoms with Gasteiger partial charge in [-0.2, -0.15) is 0 Å². The van der Waals surface area contributed by atoms with E-state index in [9.17, 15) is 9.59 Å². The van der Waals surface area contributed by atoms with Gasteiger partial charge in [-0.15, -0.1) is 10.2 Å². The van der Waals surface area contributed by atoms with Gasteiger partial charge in [0.1, 0.15) is 5.01 Å². The van der Waals surface area contributed by atoms with Gasteiger partial charge < -0.3 is 10.2 Å². The number of carbonyl (C=O) groups excluding carboxylic acids is 2. The van der Waals surface area contributed by atoms with Crippen molar-refractivity contribution < 1.29 is 9.59 Å². The zero-order valence-corrected chi connectivity index (χ0v) is 14.2. The SMILES string of the molecule is Cc1nnc(NC(=O)N[C@@H](CN2CCCC2=O)c2ccccc2)s1. The predicted molar refractivity (Wildman–Crippen MR) is 91.8 cm³/mol. The molecule has 1 saturated heterocycles. The van der Waals surface area contributed by atoms with Gasteiger partial charge in [-0.25, -0.2) is 4.79 Å². The van der Waals surface area contributed by atoms with E-state index in [2.05, 4.69) is 20.8 Å². The smallest absolute Gasteiger partial charge is 0.321 e. The summed E-state index contributed by atoms with van der Waals surface area (Å²) < 4.78 is 0. The van der Waals surface area contributed by atoms with E-state index < -0.39 is 0 Å². The van der Waals surface area contributed by atoms with E-state index in [1.54, 1.807) is 4.90 Å². The lowest BCUT2D eigenvalue weighted by atomic mass is 10.1. The summed E-state index contributed by atoms with van der Waals surface area (Å²) in [6, 6.07) is 9.02. The van der Waals surface area contributed by atoms with Crippen LogP contribution in [0, 0.1) is 6.92 Å². The number of nitrogens with zero attached hydrogens (tertiary/aromatic N) is 3. The first kappa shape index (κ1) is 16.4. The molecule has 1 aromatic heterocycles. The van der Waals surface area contributed by atoms with Crippen molar-refractivity contribution in [3.05, 3.63) is 40.9 Å². The summed E-state index contributed by atoms with van der Waals surface area (Å²) >= 11 is 1.31. The lowest BCUT2D eigenvalue weighted by molar-refractivity contribution is -0.128. The first-order chi connectivity index (χ1) is 11.6. The average Bonchev–Trinajstić information content (AvgIpc) is 3.16. The first-order valence-corrected chi connectivity index (χ1v) is 8.64. The lowest BCUT2D eigenvalue weighted by Gasteiger charge is -2.25. The maximum atomic E-state index is 12.3. The zero-order valence-electron chi connectivity index (χ0n) is 13.4. The summed E-state index contributed by atoms with van der Waals surface area (Å²) in [4.78, 5) is 26.0. The number of urea groups is 1. The average molecular weight is 345 g/mol. The molecule has 0 radical (unpaired) electrons. The van der Waals surface area contributed by atoms with Gasteiger partial charge in [-0.3, -0.25) is 10.1 Å². The highest BCUT2D eigenvalue weighted by molar-refractivity contribution is 7.15. The molecule has 1 aliphatic heterocycles. The lowest BCUT2D eigenvalue weighted by Crippen LogP contribution is -2.40. The molecule has 7 nitrogen and oxygen atoms in total. The Bertz CT molecular complexity index is 718. The number of carbonyl (C=O) groups is 2. The molecule has 2 N–H and O–H groups in total. The molecule has 3 amide bonds. The van der Waals surface area contributed by atoms with E-state index in [-0.39, 0.29) is 18.0 Å². The Hall–Kier alpha value is -2.48. The van der Waals surface area contributed by atoms with Crippen LogP contribution in [0.4, 0.5) is 9.93 Å². The molecule has 126 valence electrons. The van der Waals surface area contributed by atoms with Gasteiger partial charge in [0, 0.05) is 19.5 Å². The molecule has 1 aliphatic rings. The summed E-state index contributed by atoms with van der Waals surface area (Å²) in [6.07, 6.45) is 1.45. The summed E-state index contributed by atoms with van der Waals surface area (Å²) in [5.74, 6) is 0.137. The molecule has 0 bridgehead atoms. The van der Waals surface area contributed by atoms with Gasteiger partial charge in [0.2, 0.25) is 11.0 Å². The second-order valence-electron chi connectivity index (χ2n) is 5.63. The number of hydrogen-bond acceptors (Lipinski definition) is 5. The quantitative estimate of drug-likeness (QED) is 0.871. The second-order valence-corrected chi connectivity index (χ2v) is 6.81. The fourth-order valence-electron chi connectivity index (χ4n) is 2.68. The number of aromatic nitrogens is 2. The van der Waals surface area contributed by atoms with Crippen LogP contribution in [-0.4, -0.2) is 40.1 Å². The number of aryl methyl sites for hydroxylation is 1. The number of amides is 3. The van der Waals surface area contributed by atoms with E-state index in [1.807, 2.05) is 37.3 Å². The van der Waals surface area contributed by atoms with Crippen LogP contribution in [0.5, 0.6) is 0 Å². The fourth-order valence-corrected chi connectivity index (χ4v) is 3.26. The first-order valence-electron chi connectivity index (χ1n) is 7.82. The summed E-state index contributed by atoms with van der Waals surface area (Å²) in [5, 5.41) is 14.6. The molecule has 0 saturated carbocycles. The highest BCUT2D eigenvalue weighted by atomic mass is 32.1. The number of benzene rings is 1. The second kappa shape index (κ2) is 7.39. The number of likely N-dealkylation sites (tertiary alicyclic amines) is 1. The molecular weight excluding hydrogens is 326 g/mol. The third kappa shape index (κ3) is 4.08. The highest BCUT2D eigenvalue weighted by Crippen LogP contribution is 2.19. The van der Waals surface area contributed by atoms with Gasteiger partial charge in [-0.1, -0.05) is 41.7 Å². The van der Waals surface area contributed by atoms with Gasteiger partial charge in [0.05, 0.1) is 6.04 Å². The molecular formula is C16H19N5O2S. The molecule has 2 heterocycles. The van der Waals surface area contributed by atoms with Crippen molar-refractivity contribution in [3.8, 4) is 0 Å². The molecule has 0 unspecified atom stereocenters. The molecule has 8 heteroatoms. The molecule has 3 rings (SSSR count). The molecule has 24 heavy (non-hydrogen) atoms. The maximum Gasteiger partial charge on any atom is 0.321 e. The molecule has 1 atom stereocenters. The number of hydrogen-bond donors (Lipinski definition) is 2. The van der Waals surface area contributed by atoms with Crippen molar-refractivity contribution in [3.63, 3.8) is 0 Å². The Morgan fingerprint density at radius 2 is 2.12 bits per heavy atom. The molecule has 1 aromatic carbocycles. The number of rotatable bonds is 5. The van der Waals surface area contributed by atoms with E-state index in [4.69, 9.17) is 0 Å². The van der Waals surface area contributed by atoms with Crippen molar-refractivity contribution in [2.75, 3.05) is 18.4 Å². The summed E-state index contributed by atoms with van der Waals surface area (Å²) in [6.45, 7) is 3.03. The van der Waals surface area contributed by atoms with Crippen LogP contribution in [0.2, 0.25) is 0 Å². The molecule has 0 aliphatic carbocycles. The minimum absolute atomic E-state index is 0.137. The van der Waals surface area contributed by atoms with Crippen LogP contribution < -0.4 is 10.6 Å². The minimum Gasteiger partial charge on any atom is -0.340 e. The highest BCUT2D eigenvalue weighted by Gasteiger charge is 2.25. The van der Waals surface area contributed by atoms with Crippen molar-refractivity contribution in [2.24, 2.45) is 0 Å². The Balaban J connectivity index is 1.69. The van der Waals surface area contributed by atoms with Gasteiger partial charge in [0.15, 0.2) is 0 Å². The van der Waals surface area contributed by atoms with Crippen LogP contribution in [0.15, 0.2) is 30.3 Å². The van der Waals surface area contributed by atoms with Gasteiger partial charge in [0.25, 0.3) is 0 Å². The fraction of sp³-hybridized carbons (Fsp3) is 0.375. The largest absolute Gasteiger partial charge is 0.340 e. The Kier molecular flexibility index (Phi) is 5.05. The monoisotopic (exact) mass is 345 g/mol. The third-order valence-electron chi connectivity index (χ3n) is 3.83. The van der Waals surface area contributed by atoms with Crippen molar-refractivity contribution in [2.45, 2.75) is 25.8 Å². The van der Waals surface area contributed by atoms with Crippen molar-refractivity contribution in [1.82, 2.24) is 20.4 Å². The Labute approximate surface area is 144 Å². The van der Waals surface area contributed by atoms with E-state index in [0.29, 0.717) is 18.1 Å². The van der Waals surface area contributed by atoms with Crippen LogP contribution >= 0.6 is 11.3 Å². The van der Waals surface area contributed by atoms with Crippen LogP contribution in [-0.2, 0) is 4.79 Å². The van der Waals surface area contributed by atoms with E-state index in [1.165, 1.54) is 11.3 Å². The topological polar surface area (TPSA) is 87.2 Å². The zero-order chi connectivity index (χ0) is 16.9. The summed E-state index contributed by atoms with van der Waals surface area (Å²) in [7, 11) is 0. The van der Waals surface area contributed by atoms with Crippen LogP contribution in [0.25, 0.3) is 0 Å². The predicted octanol–water partition coefficient (Wildman–Crippen LogP) is 2.33. The normalized spacial score (nSPS) is 15.4. The standard InChI is InChI=1S/C16H19N5O2S/c1-11-19-20-16(24-11)18-15(23)17-13(12-6-3-2-4-7-12)10-21-9-5-8-14(21)22/h2-4,6-7,13H,5,8-10H2,1H3,(H2,17,18,20,23)/t13-/m0/s1. The van der Waals surface area contributed by atoms with Crippen molar-refractivity contribution >= 4 is 28.4 Å². The van der Waals surface area contributed by atoms with Crippen LogP contribution in [0.1, 0.15) is 29.5 Å². The number of anilines is 1. The van der Waals surface area contributed by atoms with Gasteiger partial charge in [-0.05, 0) is 18.9 Å². The van der Waals surface area contributed by atoms with Gasteiger partial charge >= 0.3 is 6.03 Å². The Morgan fingerprint density at radius 3 is 2.75 bits per heavy atom. The Morgan fingerprint density at radius 1 is 1.33 bits per heavy atom. The summed E-state index contributed by atoms with van der Waals surface area (Å²) in [5.41, 5.74) is 0.959. The minimum atomic E-state index is -0.355. The van der Waals surface area contributed by atoms with E-state index in [0.717, 1.165) is 23.5 Å². The molecule has 1 fully saturated rings.